The predicted molar refractivity (Wildman–Crippen MR) is 151 cm³/mol. The second-order valence-corrected chi connectivity index (χ2v) is 12.2. The summed E-state index contributed by atoms with van der Waals surface area (Å²) in [6.45, 7) is 3.76. The molecule has 0 unspecified atom stereocenters. The normalized spacial score (nSPS) is 14.2. The number of rotatable bonds is 10. The summed E-state index contributed by atoms with van der Waals surface area (Å²) in [5.74, 6) is -2.75. The van der Waals surface area contributed by atoms with Crippen LogP contribution >= 0.6 is 23.2 Å². The van der Waals surface area contributed by atoms with Gasteiger partial charge in [-0.05, 0) is 74.6 Å². The predicted octanol–water partition coefficient (Wildman–Crippen LogP) is 6.72. The topological polar surface area (TPSA) is 122 Å². The van der Waals surface area contributed by atoms with Crippen molar-refractivity contribution in [1.29, 1.82) is 0 Å². The molecule has 0 bridgehead atoms. The molecule has 3 N–H and O–H groups in total. The van der Waals surface area contributed by atoms with Gasteiger partial charge in [-0.2, -0.15) is 0 Å². The van der Waals surface area contributed by atoms with Gasteiger partial charge in [0.1, 0.15) is 16.5 Å². The molecule has 3 aromatic carbocycles. The molecule has 3 aromatic rings. The van der Waals surface area contributed by atoms with Crippen LogP contribution in [0, 0.1) is 12.7 Å². The SMILES string of the molecule is CCC1(NC(=O)c2ccc(Oc3cc(F)c(CC(=O)O)cc3Cl)c(NS(=O)(=O)c3ccc(C)cc3Cl)c2)CCC1. The molecule has 1 aliphatic rings. The fourth-order valence-corrected chi connectivity index (χ4v) is 6.30. The van der Waals surface area contributed by atoms with Crippen molar-refractivity contribution >= 4 is 50.8 Å². The molecule has 0 spiro atoms. The third-order valence-electron chi connectivity index (χ3n) is 6.89. The van der Waals surface area contributed by atoms with E-state index >= 15 is 0 Å². The van der Waals surface area contributed by atoms with Gasteiger partial charge in [-0.15, -0.1) is 0 Å². The van der Waals surface area contributed by atoms with E-state index in [0.717, 1.165) is 43.4 Å². The smallest absolute Gasteiger partial charge is 0.307 e. The second-order valence-electron chi connectivity index (χ2n) is 9.74. The maximum absolute atomic E-state index is 14.6. The van der Waals surface area contributed by atoms with Gasteiger partial charge >= 0.3 is 5.97 Å². The first-order valence-electron chi connectivity index (χ1n) is 12.5. The zero-order chi connectivity index (χ0) is 29.2. The Morgan fingerprint density at radius 3 is 2.38 bits per heavy atom. The van der Waals surface area contributed by atoms with Gasteiger partial charge in [-0.1, -0.05) is 36.2 Å². The van der Waals surface area contributed by atoms with E-state index in [9.17, 15) is 22.4 Å². The molecule has 40 heavy (non-hydrogen) atoms. The van der Waals surface area contributed by atoms with Crippen molar-refractivity contribution < 1.29 is 32.2 Å². The first kappa shape index (κ1) is 29.6. The van der Waals surface area contributed by atoms with Gasteiger partial charge in [-0.3, -0.25) is 14.3 Å². The van der Waals surface area contributed by atoms with Crippen molar-refractivity contribution in [3.8, 4) is 11.5 Å². The Hall–Kier alpha value is -3.34. The van der Waals surface area contributed by atoms with Crippen molar-refractivity contribution in [2.45, 2.75) is 56.4 Å². The summed E-state index contributed by atoms with van der Waals surface area (Å²) in [5.41, 5.74) is 0.371. The average Bonchev–Trinajstić information content (AvgIpc) is 2.84. The average molecular weight is 610 g/mol. The number of ether oxygens (including phenoxy) is 1. The van der Waals surface area contributed by atoms with Crippen LogP contribution in [-0.2, 0) is 21.2 Å². The highest BCUT2D eigenvalue weighted by atomic mass is 35.5. The highest BCUT2D eigenvalue weighted by Gasteiger charge is 2.36. The summed E-state index contributed by atoms with van der Waals surface area (Å²) in [5, 5.41) is 11.9. The standard InChI is InChI=1S/C28H27Cl2FN2O6S/c1-3-28(9-4-10-28)32-27(36)17-6-7-23(39-24-15-21(31)18(12-19(24)29)14-26(34)35)22(13-17)33-40(37,38)25-8-5-16(2)11-20(25)30/h5-8,11-13,15,33H,3-4,9-10,14H2,1-2H3,(H,32,36)(H,34,35). The monoisotopic (exact) mass is 608 g/mol. The second kappa shape index (κ2) is 11.6. The molecule has 1 saturated carbocycles. The van der Waals surface area contributed by atoms with Crippen molar-refractivity contribution in [1.82, 2.24) is 5.32 Å². The molecule has 0 radical (unpaired) electrons. The number of amides is 1. The van der Waals surface area contributed by atoms with E-state index in [0.29, 0.717) is 0 Å². The van der Waals surface area contributed by atoms with Gasteiger partial charge in [0.05, 0.1) is 22.2 Å². The van der Waals surface area contributed by atoms with Crippen molar-refractivity contribution in [2.75, 3.05) is 4.72 Å². The molecule has 0 aliphatic heterocycles. The molecule has 8 nitrogen and oxygen atoms in total. The Kier molecular flexibility index (Phi) is 8.63. The van der Waals surface area contributed by atoms with Gasteiger partial charge in [0.2, 0.25) is 0 Å². The first-order chi connectivity index (χ1) is 18.8. The highest BCUT2D eigenvalue weighted by Crippen LogP contribution is 2.38. The molecule has 0 heterocycles. The van der Waals surface area contributed by atoms with Crippen LogP contribution in [0.3, 0.4) is 0 Å². The van der Waals surface area contributed by atoms with Gasteiger partial charge in [0, 0.05) is 22.7 Å². The number of carboxylic acid groups (broad SMARTS) is 1. The van der Waals surface area contributed by atoms with E-state index in [1.807, 2.05) is 6.92 Å². The number of sulfonamides is 1. The van der Waals surface area contributed by atoms with E-state index < -0.39 is 28.2 Å². The zero-order valence-corrected chi connectivity index (χ0v) is 24.0. The minimum Gasteiger partial charge on any atom is -0.481 e. The van der Waals surface area contributed by atoms with Crippen LogP contribution in [0.25, 0.3) is 0 Å². The lowest BCUT2D eigenvalue weighted by Gasteiger charge is -2.42. The van der Waals surface area contributed by atoms with Crippen LogP contribution in [0.5, 0.6) is 11.5 Å². The fraction of sp³-hybridized carbons (Fsp3) is 0.286. The summed E-state index contributed by atoms with van der Waals surface area (Å²) in [6, 6.07) is 10.6. The van der Waals surface area contributed by atoms with E-state index in [-0.39, 0.29) is 54.7 Å². The fourth-order valence-electron chi connectivity index (χ4n) is 4.41. The maximum Gasteiger partial charge on any atom is 0.307 e. The molecule has 0 saturated heterocycles. The highest BCUT2D eigenvalue weighted by molar-refractivity contribution is 7.92. The Morgan fingerprint density at radius 2 is 1.77 bits per heavy atom. The number of halogens is 3. The molecule has 0 aromatic heterocycles. The maximum atomic E-state index is 14.6. The van der Waals surface area contributed by atoms with E-state index in [1.54, 1.807) is 13.0 Å². The lowest BCUT2D eigenvalue weighted by atomic mass is 9.74. The van der Waals surface area contributed by atoms with Crippen LogP contribution in [-0.4, -0.2) is 30.9 Å². The number of anilines is 1. The van der Waals surface area contributed by atoms with E-state index in [1.165, 1.54) is 30.3 Å². The van der Waals surface area contributed by atoms with Crippen LogP contribution in [0.1, 0.15) is 54.1 Å². The number of aliphatic carboxylic acids is 1. The molecule has 4 rings (SSSR count). The Morgan fingerprint density at radius 1 is 1.05 bits per heavy atom. The summed E-state index contributed by atoms with van der Waals surface area (Å²) in [4.78, 5) is 23.9. The lowest BCUT2D eigenvalue weighted by Crippen LogP contribution is -2.52. The van der Waals surface area contributed by atoms with Crippen LogP contribution in [0.4, 0.5) is 10.1 Å². The quantitative estimate of drug-likeness (QED) is 0.235. The third kappa shape index (κ3) is 6.51. The molecule has 12 heteroatoms. The van der Waals surface area contributed by atoms with Crippen molar-refractivity contribution in [3.05, 3.63) is 81.1 Å². The summed E-state index contributed by atoms with van der Waals surface area (Å²) in [6.07, 6.45) is 2.88. The molecule has 1 aliphatic carbocycles. The molecular formula is C28H27Cl2FN2O6S. The molecular weight excluding hydrogens is 582 g/mol. The van der Waals surface area contributed by atoms with Gasteiger partial charge in [0.25, 0.3) is 15.9 Å². The largest absolute Gasteiger partial charge is 0.481 e. The number of carbonyl (C=O) groups is 2. The first-order valence-corrected chi connectivity index (χ1v) is 14.7. The van der Waals surface area contributed by atoms with Gasteiger partial charge in [0.15, 0.2) is 5.75 Å². The van der Waals surface area contributed by atoms with Crippen molar-refractivity contribution in [2.24, 2.45) is 0 Å². The van der Waals surface area contributed by atoms with Gasteiger partial charge in [-0.25, -0.2) is 12.8 Å². The summed E-state index contributed by atoms with van der Waals surface area (Å²) < 4.78 is 49.4. The van der Waals surface area contributed by atoms with Crippen LogP contribution < -0.4 is 14.8 Å². The number of hydrogen-bond donors (Lipinski definition) is 3. The molecule has 1 amide bonds. The summed E-state index contributed by atoms with van der Waals surface area (Å²) in [7, 11) is -4.26. The number of carbonyl (C=O) groups excluding carboxylic acids is 1. The number of carboxylic acids is 1. The Labute approximate surface area is 241 Å². The number of hydrogen-bond acceptors (Lipinski definition) is 5. The molecule has 1 fully saturated rings. The van der Waals surface area contributed by atoms with E-state index in [4.69, 9.17) is 33.0 Å². The number of benzene rings is 3. The Bertz CT molecular complexity index is 1590. The zero-order valence-electron chi connectivity index (χ0n) is 21.7. The Balaban J connectivity index is 1.73. The number of aryl methyl sites for hydroxylation is 1. The molecule has 212 valence electrons. The van der Waals surface area contributed by atoms with Gasteiger partial charge < -0.3 is 15.2 Å². The van der Waals surface area contributed by atoms with Crippen molar-refractivity contribution in [3.63, 3.8) is 0 Å². The van der Waals surface area contributed by atoms with Crippen LogP contribution in [0.15, 0.2) is 53.4 Å². The van der Waals surface area contributed by atoms with Crippen LogP contribution in [0.2, 0.25) is 10.0 Å². The number of nitrogens with one attached hydrogen (secondary N) is 2. The van der Waals surface area contributed by atoms with E-state index in [2.05, 4.69) is 10.0 Å². The minimum atomic E-state index is -4.26. The third-order valence-corrected chi connectivity index (χ3v) is 9.04. The molecule has 0 atom stereocenters. The minimum absolute atomic E-state index is 0.00197. The summed E-state index contributed by atoms with van der Waals surface area (Å²) >= 11 is 12.5. The lowest BCUT2D eigenvalue weighted by molar-refractivity contribution is -0.136.